The maximum atomic E-state index is 13.1. The molecule has 29 heavy (non-hydrogen) atoms. The highest BCUT2D eigenvalue weighted by molar-refractivity contribution is 5.86. The number of carbonyl (C=O) groups excluding carboxylic acids is 2. The van der Waals surface area contributed by atoms with Crippen molar-refractivity contribution in [3.63, 3.8) is 0 Å². The number of hydrogen-bond acceptors (Lipinski definition) is 5. The van der Waals surface area contributed by atoms with Crippen LogP contribution in [0.25, 0.3) is 5.69 Å². The second kappa shape index (κ2) is 7.57. The van der Waals surface area contributed by atoms with Crippen LogP contribution < -0.4 is 0 Å². The predicted octanol–water partition coefficient (Wildman–Crippen LogP) is 1.76. The molecule has 8 nitrogen and oxygen atoms in total. The molecule has 1 spiro atoms. The molecule has 2 amide bonds. The van der Waals surface area contributed by atoms with Crippen molar-refractivity contribution in [1.82, 2.24) is 30.0 Å². The highest BCUT2D eigenvalue weighted by Crippen LogP contribution is 2.43. The first-order chi connectivity index (χ1) is 13.9. The third kappa shape index (κ3) is 3.41. The number of carbonyl (C=O) groups is 2. The minimum atomic E-state index is -0.414. The third-order valence-electron chi connectivity index (χ3n) is 6.66. The van der Waals surface area contributed by atoms with Gasteiger partial charge in [0.2, 0.25) is 11.8 Å². The van der Waals surface area contributed by atoms with Gasteiger partial charge in [-0.3, -0.25) is 9.59 Å². The summed E-state index contributed by atoms with van der Waals surface area (Å²) in [4.78, 5) is 29.9. The summed E-state index contributed by atoms with van der Waals surface area (Å²) in [6.07, 6.45) is 3.97. The van der Waals surface area contributed by atoms with Crippen LogP contribution in [0.3, 0.4) is 0 Å². The van der Waals surface area contributed by atoms with Crippen molar-refractivity contribution in [2.24, 2.45) is 5.41 Å². The Balaban J connectivity index is 1.48. The number of rotatable bonds is 3. The molecule has 1 aromatic heterocycles. The normalized spacial score (nSPS) is 24.9. The van der Waals surface area contributed by atoms with E-state index >= 15 is 0 Å². The van der Waals surface area contributed by atoms with E-state index in [1.807, 2.05) is 48.0 Å². The average Bonchev–Trinajstić information content (AvgIpc) is 3.14. The van der Waals surface area contributed by atoms with Crippen molar-refractivity contribution in [1.29, 1.82) is 0 Å². The number of amides is 2. The zero-order valence-electron chi connectivity index (χ0n) is 17.3. The molecule has 0 aliphatic carbocycles. The minimum absolute atomic E-state index is 0.0675. The van der Waals surface area contributed by atoms with E-state index in [-0.39, 0.29) is 17.9 Å². The van der Waals surface area contributed by atoms with Crippen molar-refractivity contribution >= 4 is 11.8 Å². The lowest BCUT2D eigenvalue weighted by atomic mass is 9.68. The molecule has 2 aliphatic rings. The van der Waals surface area contributed by atoms with Crippen LogP contribution in [0, 0.1) is 12.3 Å². The summed E-state index contributed by atoms with van der Waals surface area (Å²) in [7, 11) is 1.88. The Kier molecular flexibility index (Phi) is 5.10. The lowest BCUT2D eigenvalue weighted by Gasteiger charge is -2.51. The second-order valence-electron chi connectivity index (χ2n) is 8.33. The van der Waals surface area contributed by atoms with Gasteiger partial charge < -0.3 is 9.80 Å². The standard InChI is InChI=1S/C21H28N6O2/c1-15-21(10-4-12-25(3)20(21)29)11-5-13-26(15)19(28)14-17-6-8-18(9-7-17)27-16(2)22-23-24-27/h6-9,15H,4-5,10-14H2,1-3H3/t15-,21-/m0/s1. The summed E-state index contributed by atoms with van der Waals surface area (Å²) in [6.45, 7) is 5.43. The average molecular weight is 396 g/mol. The van der Waals surface area contributed by atoms with E-state index in [1.54, 1.807) is 4.68 Å². The first kappa shape index (κ1) is 19.5. The molecular formula is C21H28N6O2. The molecule has 0 unspecified atom stereocenters. The summed E-state index contributed by atoms with van der Waals surface area (Å²) in [6, 6.07) is 7.66. The van der Waals surface area contributed by atoms with Crippen molar-refractivity contribution in [3.05, 3.63) is 35.7 Å². The monoisotopic (exact) mass is 396 g/mol. The molecule has 154 valence electrons. The van der Waals surface area contributed by atoms with Gasteiger partial charge in [-0.15, -0.1) is 5.10 Å². The zero-order valence-corrected chi connectivity index (χ0v) is 17.3. The third-order valence-corrected chi connectivity index (χ3v) is 6.66. The van der Waals surface area contributed by atoms with E-state index in [0.29, 0.717) is 12.2 Å². The topological polar surface area (TPSA) is 84.2 Å². The van der Waals surface area contributed by atoms with Gasteiger partial charge >= 0.3 is 0 Å². The second-order valence-corrected chi connectivity index (χ2v) is 8.33. The molecule has 2 saturated heterocycles. The molecule has 0 saturated carbocycles. The zero-order chi connectivity index (χ0) is 20.6. The molecule has 2 aliphatic heterocycles. The maximum Gasteiger partial charge on any atom is 0.230 e. The van der Waals surface area contributed by atoms with Gasteiger partial charge in [0.1, 0.15) is 0 Å². The highest BCUT2D eigenvalue weighted by atomic mass is 16.2. The Hall–Kier alpha value is -2.77. The summed E-state index contributed by atoms with van der Waals surface area (Å²) in [5.41, 5.74) is 1.40. The van der Waals surface area contributed by atoms with Gasteiger partial charge in [0, 0.05) is 26.2 Å². The lowest BCUT2D eigenvalue weighted by molar-refractivity contribution is -0.158. The number of tetrazole rings is 1. The van der Waals surface area contributed by atoms with E-state index in [2.05, 4.69) is 22.4 Å². The van der Waals surface area contributed by atoms with E-state index in [0.717, 1.165) is 50.0 Å². The Morgan fingerprint density at radius 3 is 2.52 bits per heavy atom. The largest absolute Gasteiger partial charge is 0.345 e. The van der Waals surface area contributed by atoms with Crippen LogP contribution in [0.1, 0.15) is 44.0 Å². The van der Waals surface area contributed by atoms with E-state index in [4.69, 9.17) is 0 Å². The summed E-state index contributed by atoms with van der Waals surface area (Å²) < 4.78 is 1.66. The molecule has 1 aromatic carbocycles. The van der Waals surface area contributed by atoms with Gasteiger partial charge in [-0.1, -0.05) is 12.1 Å². The van der Waals surface area contributed by atoms with Crippen LogP contribution in [-0.4, -0.2) is 68.0 Å². The molecule has 0 bridgehead atoms. The number of nitrogens with zero attached hydrogens (tertiary/aromatic N) is 6. The van der Waals surface area contributed by atoms with Crippen LogP contribution in [-0.2, 0) is 16.0 Å². The Bertz CT molecular complexity index is 904. The fraction of sp³-hybridized carbons (Fsp3) is 0.571. The Morgan fingerprint density at radius 1 is 1.17 bits per heavy atom. The summed E-state index contributed by atoms with van der Waals surface area (Å²) in [5.74, 6) is 1.00. The Morgan fingerprint density at radius 2 is 1.86 bits per heavy atom. The molecule has 2 atom stereocenters. The predicted molar refractivity (Wildman–Crippen MR) is 107 cm³/mol. The van der Waals surface area contributed by atoms with Crippen LogP contribution in [0.15, 0.2) is 24.3 Å². The number of benzene rings is 1. The minimum Gasteiger partial charge on any atom is -0.345 e. The molecule has 8 heteroatoms. The SMILES string of the molecule is Cc1nnnn1-c1ccc(CC(=O)N2CCC[C@@]3(CCCN(C)C3=O)[C@@H]2C)cc1. The number of aryl methyl sites for hydroxylation is 1. The van der Waals surface area contributed by atoms with E-state index in [1.165, 1.54) is 0 Å². The van der Waals surface area contributed by atoms with Crippen LogP contribution in [0.4, 0.5) is 0 Å². The molecular weight excluding hydrogens is 368 g/mol. The molecule has 2 aromatic rings. The molecule has 0 N–H and O–H groups in total. The van der Waals surface area contributed by atoms with E-state index in [9.17, 15) is 9.59 Å². The number of likely N-dealkylation sites (tertiary alicyclic amines) is 2. The molecule has 4 rings (SSSR count). The number of aromatic nitrogens is 4. The highest BCUT2D eigenvalue weighted by Gasteiger charge is 2.51. The summed E-state index contributed by atoms with van der Waals surface area (Å²) in [5, 5.41) is 11.5. The van der Waals surface area contributed by atoms with Crippen molar-refractivity contribution in [2.75, 3.05) is 20.1 Å². The molecule has 0 radical (unpaired) electrons. The first-order valence-electron chi connectivity index (χ1n) is 10.3. The fourth-order valence-corrected chi connectivity index (χ4v) is 4.95. The van der Waals surface area contributed by atoms with Gasteiger partial charge in [0.15, 0.2) is 5.82 Å². The van der Waals surface area contributed by atoms with Crippen LogP contribution >= 0.6 is 0 Å². The quantitative estimate of drug-likeness (QED) is 0.789. The maximum absolute atomic E-state index is 13.1. The lowest BCUT2D eigenvalue weighted by Crippen LogP contribution is -2.61. The van der Waals surface area contributed by atoms with Crippen molar-refractivity contribution in [3.8, 4) is 5.69 Å². The van der Waals surface area contributed by atoms with Gasteiger partial charge in [-0.25, -0.2) is 0 Å². The van der Waals surface area contributed by atoms with Crippen LogP contribution in [0.2, 0.25) is 0 Å². The number of hydrogen-bond donors (Lipinski definition) is 0. The fourth-order valence-electron chi connectivity index (χ4n) is 4.95. The smallest absolute Gasteiger partial charge is 0.230 e. The van der Waals surface area contributed by atoms with Gasteiger partial charge in [0.25, 0.3) is 0 Å². The van der Waals surface area contributed by atoms with Crippen molar-refractivity contribution in [2.45, 2.75) is 52.0 Å². The number of piperidine rings is 2. The van der Waals surface area contributed by atoms with Gasteiger partial charge in [-0.2, -0.15) is 4.68 Å². The van der Waals surface area contributed by atoms with Gasteiger partial charge in [0.05, 0.1) is 17.5 Å². The first-order valence-corrected chi connectivity index (χ1v) is 10.3. The van der Waals surface area contributed by atoms with Crippen LogP contribution in [0.5, 0.6) is 0 Å². The molecule has 2 fully saturated rings. The Labute approximate surface area is 170 Å². The molecule has 3 heterocycles. The van der Waals surface area contributed by atoms with E-state index < -0.39 is 5.41 Å². The van der Waals surface area contributed by atoms with Crippen molar-refractivity contribution < 1.29 is 9.59 Å². The summed E-state index contributed by atoms with van der Waals surface area (Å²) >= 11 is 0. The van der Waals surface area contributed by atoms with Gasteiger partial charge in [-0.05, 0) is 67.7 Å².